The van der Waals surface area contributed by atoms with E-state index < -0.39 is 0 Å². The fourth-order valence-electron chi connectivity index (χ4n) is 3.02. The molecule has 112 valence electrons. The van der Waals surface area contributed by atoms with E-state index in [1.807, 2.05) is 24.1 Å². The molecule has 0 bridgehead atoms. The predicted octanol–water partition coefficient (Wildman–Crippen LogP) is 1.32. The van der Waals surface area contributed by atoms with Gasteiger partial charge in [-0.05, 0) is 18.6 Å². The highest BCUT2D eigenvalue weighted by Crippen LogP contribution is 2.26. The number of H-pyrrole nitrogens is 1. The molecule has 4 heterocycles. The Kier molecular flexibility index (Phi) is 2.92. The molecule has 1 N–H and O–H groups in total. The molecule has 1 atom stereocenters. The molecular formula is C15H16N6O. The van der Waals surface area contributed by atoms with E-state index in [9.17, 15) is 4.79 Å². The molecule has 7 nitrogen and oxygen atoms in total. The summed E-state index contributed by atoms with van der Waals surface area (Å²) in [7, 11) is 1.85. The highest BCUT2D eigenvalue weighted by atomic mass is 16.2. The van der Waals surface area contributed by atoms with Gasteiger partial charge in [0.15, 0.2) is 0 Å². The molecular weight excluding hydrogens is 280 g/mol. The summed E-state index contributed by atoms with van der Waals surface area (Å²) in [6.07, 6.45) is 6.04. The number of aromatic amines is 1. The van der Waals surface area contributed by atoms with Crippen LogP contribution in [-0.4, -0.2) is 48.9 Å². The van der Waals surface area contributed by atoms with Crippen molar-refractivity contribution in [3.63, 3.8) is 0 Å². The van der Waals surface area contributed by atoms with Gasteiger partial charge in [0.2, 0.25) is 0 Å². The quantitative estimate of drug-likeness (QED) is 0.773. The number of nitrogens with zero attached hydrogens (tertiary/aromatic N) is 5. The summed E-state index contributed by atoms with van der Waals surface area (Å²) in [6.45, 7) is 1.47. The van der Waals surface area contributed by atoms with Gasteiger partial charge in [-0.25, -0.2) is 0 Å². The minimum Gasteiger partial charge on any atom is -0.338 e. The average Bonchev–Trinajstić information content (AvgIpc) is 3.27. The van der Waals surface area contributed by atoms with Crippen LogP contribution in [0.15, 0.2) is 30.7 Å². The van der Waals surface area contributed by atoms with Gasteiger partial charge in [0.05, 0.1) is 17.3 Å². The molecule has 1 saturated heterocycles. The molecule has 1 aliphatic rings. The van der Waals surface area contributed by atoms with Crippen LogP contribution in [-0.2, 0) is 7.05 Å². The Hall–Kier alpha value is -2.70. The number of hydrogen-bond acceptors (Lipinski definition) is 4. The van der Waals surface area contributed by atoms with E-state index in [4.69, 9.17) is 0 Å². The molecule has 1 unspecified atom stereocenters. The first-order chi connectivity index (χ1) is 10.7. The van der Waals surface area contributed by atoms with Gasteiger partial charge in [0, 0.05) is 44.1 Å². The van der Waals surface area contributed by atoms with Crippen LogP contribution in [0.3, 0.4) is 0 Å². The number of aryl methyl sites for hydroxylation is 1. The van der Waals surface area contributed by atoms with Crippen molar-refractivity contribution in [3.05, 3.63) is 42.0 Å². The van der Waals surface area contributed by atoms with Crippen LogP contribution in [0.25, 0.3) is 11.0 Å². The molecule has 1 fully saturated rings. The van der Waals surface area contributed by atoms with Gasteiger partial charge in [-0.1, -0.05) is 0 Å². The fourth-order valence-corrected chi connectivity index (χ4v) is 3.02. The fraction of sp³-hybridized carbons (Fsp3) is 0.333. The van der Waals surface area contributed by atoms with Gasteiger partial charge in [-0.3, -0.25) is 19.6 Å². The van der Waals surface area contributed by atoms with Crippen LogP contribution < -0.4 is 0 Å². The number of aromatic nitrogens is 5. The minimum atomic E-state index is 0.0256. The van der Waals surface area contributed by atoms with Crippen molar-refractivity contribution >= 4 is 16.9 Å². The average molecular weight is 296 g/mol. The van der Waals surface area contributed by atoms with E-state index >= 15 is 0 Å². The first-order valence-corrected chi connectivity index (χ1v) is 7.28. The van der Waals surface area contributed by atoms with Crippen LogP contribution in [0, 0.1) is 0 Å². The normalized spacial score (nSPS) is 18.2. The Labute approximate surface area is 126 Å². The lowest BCUT2D eigenvalue weighted by Crippen LogP contribution is -2.28. The first kappa shape index (κ1) is 13.0. The van der Waals surface area contributed by atoms with Crippen molar-refractivity contribution < 1.29 is 4.79 Å². The van der Waals surface area contributed by atoms with Crippen molar-refractivity contribution in [3.8, 4) is 0 Å². The summed E-state index contributed by atoms with van der Waals surface area (Å²) < 4.78 is 1.73. The lowest BCUT2D eigenvalue weighted by atomic mass is 10.1. The van der Waals surface area contributed by atoms with Gasteiger partial charge in [0.1, 0.15) is 5.52 Å². The third kappa shape index (κ3) is 2.05. The highest BCUT2D eigenvalue weighted by molar-refractivity contribution is 5.96. The number of carbonyl (C=O) groups is 1. The summed E-state index contributed by atoms with van der Waals surface area (Å²) in [6, 6.07) is 3.84. The number of rotatable bonds is 2. The molecule has 4 rings (SSSR count). The Balaban J connectivity index is 1.57. The number of pyridine rings is 1. The smallest absolute Gasteiger partial charge is 0.255 e. The standard InChI is InChI=1S/C15H16N6O/c1-20-14-6-11(7-16-13(14)8-18-20)15(22)21-5-3-10(9-21)12-2-4-17-19-12/h2,4,6-8,10H,3,5,9H2,1H3,(H,17,19). The molecule has 3 aromatic rings. The summed E-state index contributed by atoms with van der Waals surface area (Å²) in [4.78, 5) is 18.9. The zero-order chi connectivity index (χ0) is 15.1. The number of carbonyl (C=O) groups excluding carboxylic acids is 1. The highest BCUT2D eigenvalue weighted by Gasteiger charge is 2.29. The Morgan fingerprint density at radius 1 is 1.41 bits per heavy atom. The van der Waals surface area contributed by atoms with Gasteiger partial charge in [-0.2, -0.15) is 10.2 Å². The molecule has 1 aliphatic heterocycles. The maximum Gasteiger partial charge on any atom is 0.255 e. The number of amides is 1. The van der Waals surface area contributed by atoms with E-state index in [-0.39, 0.29) is 5.91 Å². The maximum absolute atomic E-state index is 12.7. The monoisotopic (exact) mass is 296 g/mol. The summed E-state index contributed by atoms with van der Waals surface area (Å²) in [5.41, 5.74) is 3.38. The van der Waals surface area contributed by atoms with Crippen LogP contribution in [0.5, 0.6) is 0 Å². The predicted molar refractivity (Wildman–Crippen MR) is 80.4 cm³/mol. The molecule has 0 radical (unpaired) electrons. The SMILES string of the molecule is Cn1ncc2ncc(C(=O)N3CCC(c4ccn[nH]4)C3)cc21. The van der Waals surface area contributed by atoms with Crippen LogP contribution in [0.4, 0.5) is 0 Å². The van der Waals surface area contributed by atoms with Gasteiger partial charge in [0.25, 0.3) is 5.91 Å². The Morgan fingerprint density at radius 3 is 3.14 bits per heavy atom. The van der Waals surface area contributed by atoms with Crippen molar-refractivity contribution in [2.45, 2.75) is 12.3 Å². The van der Waals surface area contributed by atoms with E-state index in [1.165, 1.54) is 0 Å². The summed E-state index contributed by atoms with van der Waals surface area (Å²) in [5, 5.41) is 11.1. The summed E-state index contributed by atoms with van der Waals surface area (Å²) >= 11 is 0. The second-order valence-electron chi connectivity index (χ2n) is 5.65. The van der Waals surface area contributed by atoms with E-state index in [1.54, 1.807) is 23.3 Å². The first-order valence-electron chi connectivity index (χ1n) is 7.28. The maximum atomic E-state index is 12.7. The Bertz CT molecular complexity index is 822. The van der Waals surface area contributed by atoms with E-state index in [0.717, 1.165) is 29.7 Å². The molecule has 1 amide bonds. The van der Waals surface area contributed by atoms with Gasteiger partial charge in [-0.15, -0.1) is 0 Å². The van der Waals surface area contributed by atoms with Crippen molar-refractivity contribution in [2.75, 3.05) is 13.1 Å². The van der Waals surface area contributed by atoms with E-state index in [0.29, 0.717) is 18.0 Å². The molecule has 0 spiro atoms. The Morgan fingerprint density at radius 2 is 2.32 bits per heavy atom. The topological polar surface area (TPSA) is 79.7 Å². The molecule has 7 heteroatoms. The van der Waals surface area contributed by atoms with Crippen LogP contribution >= 0.6 is 0 Å². The van der Waals surface area contributed by atoms with Crippen LogP contribution in [0.1, 0.15) is 28.4 Å². The van der Waals surface area contributed by atoms with Gasteiger partial charge >= 0.3 is 0 Å². The molecule has 3 aromatic heterocycles. The third-order valence-electron chi connectivity index (χ3n) is 4.28. The number of hydrogen-bond donors (Lipinski definition) is 1. The molecule has 0 aliphatic carbocycles. The van der Waals surface area contributed by atoms with Crippen LogP contribution in [0.2, 0.25) is 0 Å². The molecule has 0 aromatic carbocycles. The third-order valence-corrected chi connectivity index (χ3v) is 4.28. The van der Waals surface area contributed by atoms with Crippen molar-refractivity contribution in [2.24, 2.45) is 7.05 Å². The second kappa shape index (κ2) is 4.94. The summed E-state index contributed by atoms with van der Waals surface area (Å²) in [5.74, 6) is 0.359. The second-order valence-corrected chi connectivity index (χ2v) is 5.65. The number of likely N-dealkylation sites (tertiary alicyclic amines) is 1. The largest absolute Gasteiger partial charge is 0.338 e. The van der Waals surface area contributed by atoms with Crippen molar-refractivity contribution in [1.29, 1.82) is 0 Å². The number of nitrogens with one attached hydrogen (secondary N) is 1. The van der Waals surface area contributed by atoms with E-state index in [2.05, 4.69) is 20.3 Å². The molecule has 0 saturated carbocycles. The zero-order valence-corrected chi connectivity index (χ0v) is 12.2. The zero-order valence-electron chi connectivity index (χ0n) is 12.2. The lowest BCUT2D eigenvalue weighted by molar-refractivity contribution is 0.0790. The van der Waals surface area contributed by atoms with Crippen molar-refractivity contribution in [1.82, 2.24) is 29.9 Å². The minimum absolute atomic E-state index is 0.0256. The number of fused-ring (bicyclic) bond motifs is 1. The van der Waals surface area contributed by atoms with Gasteiger partial charge < -0.3 is 4.90 Å². The lowest BCUT2D eigenvalue weighted by Gasteiger charge is -2.16. The molecule has 22 heavy (non-hydrogen) atoms.